The fourth-order valence-electron chi connectivity index (χ4n) is 2.82. The van der Waals surface area contributed by atoms with E-state index in [4.69, 9.17) is 32.7 Å². The lowest BCUT2D eigenvalue weighted by molar-refractivity contribution is 0.269. The lowest BCUT2D eigenvalue weighted by Crippen LogP contribution is -2.01. The second-order valence-corrected chi connectivity index (χ2v) is 7.95. The van der Waals surface area contributed by atoms with Crippen molar-refractivity contribution in [2.24, 2.45) is 0 Å². The maximum Gasteiger partial charge on any atom is 0.162 e. The van der Waals surface area contributed by atoms with E-state index < -0.39 is 0 Å². The Bertz CT molecular complexity index is 1120. The van der Waals surface area contributed by atoms with E-state index in [2.05, 4.69) is 22.0 Å². The van der Waals surface area contributed by atoms with Gasteiger partial charge in [0.2, 0.25) is 0 Å². The van der Waals surface area contributed by atoms with Gasteiger partial charge in [-0.1, -0.05) is 75.5 Å². The summed E-state index contributed by atoms with van der Waals surface area (Å²) in [7, 11) is 0. The molecule has 0 N–H and O–H groups in total. The Labute approximate surface area is 194 Å². The van der Waals surface area contributed by atoms with Gasteiger partial charge in [-0.05, 0) is 42.8 Å². The van der Waals surface area contributed by atoms with Crippen LogP contribution in [0.3, 0.4) is 0 Å². The third kappa shape index (κ3) is 5.37. The van der Waals surface area contributed by atoms with Crippen LogP contribution < -0.4 is 9.47 Å². The fraction of sp³-hybridized carbons (Fsp3) is 0.125. The van der Waals surface area contributed by atoms with Crippen LogP contribution in [0.5, 0.6) is 11.5 Å². The molecule has 0 radical (unpaired) electrons. The molecule has 0 unspecified atom stereocenters. The van der Waals surface area contributed by atoms with Crippen LogP contribution >= 0.6 is 39.1 Å². The normalized spacial score (nSPS) is 11.1. The van der Waals surface area contributed by atoms with Gasteiger partial charge in [0.05, 0.1) is 18.2 Å². The molecule has 0 spiro atoms. The van der Waals surface area contributed by atoms with Crippen LogP contribution in [0.1, 0.15) is 23.6 Å². The highest BCUT2D eigenvalue weighted by Gasteiger charge is 2.13. The van der Waals surface area contributed by atoms with Crippen molar-refractivity contribution in [2.45, 2.75) is 13.5 Å². The second-order valence-electron chi connectivity index (χ2n) is 6.28. The molecule has 0 atom stereocenters. The zero-order valence-corrected chi connectivity index (χ0v) is 19.3. The zero-order valence-electron chi connectivity index (χ0n) is 16.2. The summed E-state index contributed by atoms with van der Waals surface area (Å²) >= 11 is 16.1. The van der Waals surface area contributed by atoms with Crippen LogP contribution in [0.15, 0.2) is 65.1 Å². The molecule has 0 saturated carbocycles. The number of nitriles is 1. The van der Waals surface area contributed by atoms with E-state index in [-0.39, 0.29) is 0 Å². The van der Waals surface area contributed by atoms with E-state index in [1.165, 1.54) is 0 Å². The summed E-state index contributed by atoms with van der Waals surface area (Å²) < 4.78 is 12.5. The smallest absolute Gasteiger partial charge is 0.162 e. The van der Waals surface area contributed by atoms with Crippen molar-refractivity contribution in [3.63, 3.8) is 0 Å². The third-order valence-corrected chi connectivity index (χ3v) is 5.67. The molecule has 0 bridgehead atoms. The molecule has 0 aliphatic rings. The van der Waals surface area contributed by atoms with E-state index in [9.17, 15) is 5.26 Å². The van der Waals surface area contributed by atoms with Gasteiger partial charge < -0.3 is 9.47 Å². The van der Waals surface area contributed by atoms with Crippen LogP contribution in [0, 0.1) is 11.3 Å². The van der Waals surface area contributed by atoms with Crippen molar-refractivity contribution in [3.8, 4) is 17.6 Å². The fourth-order valence-corrected chi connectivity index (χ4v) is 3.68. The Morgan fingerprint density at radius 3 is 2.33 bits per heavy atom. The number of rotatable bonds is 7. The first-order valence-corrected chi connectivity index (χ1v) is 10.8. The quantitative estimate of drug-likeness (QED) is 0.244. The van der Waals surface area contributed by atoms with Gasteiger partial charge in [-0.3, -0.25) is 0 Å². The predicted molar refractivity (Wildman–Crippen MR) is 126 cm³/mol. The first kappa shape index (κ1) is 22.2. The Morgan fingerprint density at radius 2 is 1.67 bits per heavy atom. The van der Waals surface area contributed by atoms with Crippen molar-refractivity contribution < 1.29 is 9.47 Å². The molecule has 0 aliphatic carbocycles. The van der Waals surface area contributed by atoms with Gasteiger partial charge in [-0.2, -0.15) is 5.26 Å². The maximum atomic E-state index is 9.66. The van der Waals surface area contributed by atoms with E-state index in [0.717, 1.165) is 15.6 Å². The molecule has 3 aromatic rings. The lowest BCUT2D eigenvalue weighted by Gasteiger charge is -2.15. The first-order valence-electron chi connectivity index (χ1n) is 9.22. The minimum absolute atomic E-state index is 0.310. The Hall–Kier alpha value is -2.45. The summed E-state index contributed by atoms with van der Waals surface area (Å²) in [6, 6.07) is 20.7. The zero-order chi connectivity index (χ0) is 21.5. The summed E-state index contributed by atoms with van der Waals surface area (Å²) in [5.74, 6) is 1.16. The van der Waals surface area contributed by atoms with Gasteiger partial charge >= 0.3 is 0 Å². The number of benzene rings is 3. The minimum atomic E-state index is 0.310. The van der Waals surface area contributed by atoms with Gasteiger partial charge in [0.15, 0.2) is 11.5 Å². The highest BCUT2D eigenvalue weighted by molar-refractivity contribution is 9.10. The lowest BCUT2D eigenvalue weighted by atomic mass is 10.0. The van der Waals surface area contributed by atoms with Crippen LogP contribution in [0.25, 0.3) is 11.6 Å². The number of halogens is 3. The molecule has 30 heavy (non-hydrogen) atoms. The second kappa shape index (κ2) is 10.5. The SMILES string of the molecule is CCOc1cc(C=C(C#N)c2ccccc2Cl)c(Br)cc1OCc1ccccc1Cl. The van der Waals surface area contributed by atoms with Gasteiger partial charge in [-0.15, -0.1) is 0 Å². The minimum Gasteiger partial charge on any atom is -0.490 e. The predicted octanol–water partition coefficient (Wildman–Crippen LogP) is 7.80. The molecule has 0 fully saturated rings. The molecule has 0 heterocycles. The largest absolute Gasteiger partial charge is 0.490 e. The van der Waals surface area contributed by atoms with Crippen LogP contribution in [0.2, 0.25) is 10.0 Å². The number of nitrogens with zero attached hydrogens (tertiary/aromatic N) is 1. The highest BCUT2D eigenvalue weighted by Crippen LogP contribution is 2.37. The molecule has 0 saturated heterocycles. The van der Waals surface area contributed by atoms with Crippen LogP contribution in [0.4, 0.5) is 0 Å². The Balaban J connectivity index is 1.95. The summed E-state index contributed by atoms with van der Waals surface area (Å²) in [4.78, 5) is 0. The standard InChI is InChI=1S/C24H18BrCl2NO2/c1-2-29-23-12-17(11-18(14-28)19-8-4-6-10-22(19)27)20(25)13-24(23)30-15-16-7-3-5-9-21(16)26/h3-13H,2,15H2,1H3. The van der Waals surface area contributed by atoms with Crippen molar-refractivity contribution in [1.29, 1.82) is 5.26 Å². The molecule has 3 aromatic carbocycles. The van der Waals surface area contributed by atoms with Crippen LogP contribution in [-0.2, 0) is 6.61 Å². The van der Waals surface area contributed by atoms with Crippen molar-refractivity contribution in [2.75, 3.05) is 6.61 Å². The average molecular weight is 503 g/mol. The summed E-state index contributed by atoms with van der Waals surface area (Å²) in [6.45, 7) is 2.69. The molecule has 0 aromatic heterocycles. The molecular weight excluding hydrogens is 485 g/mol. The Morgan fingerprint density at radius 1 is 1.00 bits per heavy atom. The monoisotopic (exact) mass is 501 g/mol. The summed E-state index contributed by atoms with van der Waals surface area (Å²) in [5, 5.41) is 10.8. The molecule has 0 aliphatic heterocycles. The van der Waals surface area contributed by atoms with Crippen molar-refractivity contribution in [1.82, 2.24) is 0 Å². The summed E-state index contributed by atoms with van der Waals surface area (Å²) in [6.07, 6.45) is 1.77. The average Bonchev–Trinajstić information content (AvgIpc) is 2.74. The first-order chi connectivity index (χ1) is 14.5. The maximum absolute atomic E-state index is 9.66. The van der Waals surface area contributed by atoms with E-state index in [0.29, 0.717) is 45.9 Å². The molecule has 0 amide bonds. The Kier molecular flexibility index (Phi) is 7.81. The number of allylic oxidation sites excluding steroid dienone is 1. The van der Waals surface area contributed by atoms with E-state index in [1.54, 1.807) is 12.1 Å². The molecule has 6 heteroatoms. The van der Waals surface area contributed by atoms with E-state index in [1.807, 2.05) is 61.5 Å². The molecule has 3 rings (SSSR count). The van der Waals surface area contributed by atoms with Gasteiger partial charge in [0.25, 0.3) is 0 Å². The van der Waals surface area contributed by atoms with Gasteiger partial charge in [-0.25, -0.2) is 0 Å². The molecule has 152 valence electrons. The van der Waals surface area contributed by atoms with Crippen LogP contribution in [-0.4, -0.2) is 6.61 Å². The van der Waals surface area contributed by atoms with Gasteiger partial charge in [0, 0.05) is 25.6 Å². The highest BCUT2D eigenvalue weighted by atomic mass is 79.9. The number of hydrogen-bond acceptors (Lipinski definition) is 3. The van der Waals surface area contributed by atoms with Crippen molar-refractivity contribution >= 4 is 50.8 Å². The number of ether oxygens (including phenoxy) is 2. The summed E-state index contributed by atoms with van der Waals surface area (Å²) in [5.41, 5.74) is 2.78. The number of hydrogen-bond donors (Lipinski definition) is 0. The van der Waals surface area contributed by atoms with Gasteiger partial charge in [0.1, 0.15) is 6.61 Å². The topological polar surface area (TPSA) is 42.2 Å². The van der Waals surface area contributed by atoms with E-state index >= 15 is 0 Å². The molecular formula is C24H18BrCl2NO2. The van der Waals surface area contributed by atoms with Crippen molar-refractivity contribution in [3.05, 3.63) is 91.9 Å². The molecule has 3 nitrogen and oxygen atoms in total. The third-order valence-electron chi connectivity index (χ3n) is 4.29.